The smallest absolute Gasteiger partial charge is 0.232 e. The fraction of sp³-hybridized carbons (Fsp3) is 0.312. The monoisotopic (exact) mass is 336 g/mol. The van der Waals surface area contributed by atoms with E-state index in [1.165, 1.54) is 0 Å². The first kappa shape index (κ1) is 14.9. The van der Waals surface area contributed by atoms with E-state index in [2.05, 4.69) is 15.9 Å². The predicted molar refractivity (Wildman–Crippen MR) is 81.7 cm³/mol. The van der Waals surface area contributed by atoms with Gasteiger partial charge < -0.3 is 9.15 Å². The lowest BCUT2D eigenvalue weighted by molar-refractivity contribution is 0.100. The van der Waals surface area contributed by atoms with Crippen molar-refractivity contribution in [2.75, 3.05) is 7.11 Å². The van der Waals surface area contributed by atoms with E-state index in [9.17, 15) is 4.79 Å². The Bertz CT molecular complexity index is 656. The van der Waals surface area contributed by atoms with Crippen molar-refractivity contribution in [3.8, 4) is 5.75 Å². The average Bonchev–Trinajstić information content (AvgIpc) is 2.90. The van der Waals surface area contributed by atoms with Crippen molar-refractivity contribution in [3.05, 3.63) is 50.9 Å². The average molecular weight is 337 g/mol. The summed E-state index contributed by atoms with van der Waals surface area (Å²) in [5.41, 5.74) is 2.32. The molecule has 1 heterocycles. The van der Waals surface area contributed by atoms with Crippen LogP contribution in [0.4, 0.5) is 0 Å². The molecule has 0 bridgehead atoms. The zero-order valence-electron chi connectivity index (χ0n) is 12.0. The Balaban J connectivity index is 2.59. The summed E-state index contributed by atoms with van der Waals surface area (Å²) in [4.78, 5) is 12.7. The van der Waals surface area contributed by atoms with Gasteiger partial charge in [0, 0.05) is 10.9 Å². The molecule has 20 heavy (non-hydrogen) atoms. The number of methoxy groups -OCH3 is 1. The number of halogens is 1. The SMILES string of the molecule is CCc1ccc(C(=O)c2c(C)c(Br)cc(C)c2OC)o1. The molecule has 4 heteroatoms. The summed E-state index contributed by atoms with van der Waals surface area (Å²) >= 11 is 3.48. The van der Waals surface area contributed by atoms with Gasteiger partial charge in [-0.25, -0.2) is 0 Å². The molecule has 2 rings (SSSR count). The van der Waals surface area contributed by atoms with Gasteiger partial charge >= 0.3 is 0 Å². The van der Waals surface area contributed by atoms with Crippen molar-refractivity contribution in [1.82, 2.24) is 0 Å². The molecule has 0 aliphatic carbocycles. The van der Waals surface area contributed by atoms with Gasteiger partial charge in [0.2, 0.25) is 5.78 Å². The Hall–Kier alpha value is -1.55. The largest absolute Gasteiger partial charge is 0.496 e. The van der Waals surface area contributed by atoms with Crippen LogP contribution in [0.5, 0.6) is 5.75 Å². The first-order valence-corrected chi connectivity index (χ1v) is 7.26. The highest BCUT2D eigenvalue weighted by Crippen LogP contribution is 2.34. The number of hydrogen-bond donors (Lipinski definition) is 0. The molecule has 0 unspecified atom stereocenters. The van der Waals surface area contributed by atoms with Crippen LogP contribution in [0, 0.1) is 13.8 Å². The number of carbonyl (C=O) groups is 1. The Morgan fingerprint density at radius 2 is 2.05 bits per heavy atom. The van der Waals surface area contributed by atoms with Crippen LogP contribution in [0.1, 0.15) is 39.9 Å². The molecule has 0 saturated heterocycles. The Morgan fingerprint density at radius 3 is 2.60 bits per heavy atom. The van der Waals surface area contributed by atoms with E-state index in [1.54, 1.807) is 13.2 Å². The molecule has 0 aliphatic rings. The van der Waals surface area contributed by atoms with Crippen molar-refractivity contribution < 1.29 is 13.9 Å². The molecule has 1 aromatic heterocycles. The summed E-state index contributed by atoms with van der Waals surface area (Å²) in [5, 5.41) is 0. The van der Waals surface area contributed by atoms with E-state index in [0.717, 1.165) is 27.8 Å². The summed E-state index contributed by atoms with van der Waals surface area (Å²) in [6.07, 6.45) is 0.765. The minimum Gasteiger partial charge on any atom is -0.496 e. The van der Waals surface area contributed by atoms with Crippen molar-refractivity contribution in [2.24, 2.45) is 0 Å². The van der Waals surface area contributed by atoms with Gasteiger partial charge in [-0.15, -0.1) is 0 Å². The highest BCUT2D eigenvalue weighted by atomic mass is 79.9. The minimum atomic E-state index is -0.150. The van der Waals surface area contributed by atoms with Gasteiger partial charge in [-0.1, -0.05) is 22.9 Å². The molecule has 0 aliphatic heterocycles. The molecular weight excluding hydrogens is 320 g/mol. The zero-order valence-corrected chi connectivity index (χ0v) is 13.6. The Kier molecular flexibility index (Phi) is 4.33. The van der Waals surface area contributed by atoms with Gasteiger partial charge in [0.1, 0.15) is 11.5 Å². The molecule has 0 amide bonds. The van der Waals surface area contributed by atoms with Gasteiger partial charge in [0.15, 0.2) is 5.76 Å². The lowest BCUT2D eigenvalue weighted by atomic mass is 9.99. The van der Waals surface area contributed by atoms with E-state index in [4.69, 9.17) is 9.15 Å². The van der Waals surface area contributed by atoms with Crippen molar-refractivity contribution >= 4 is 21.7 Å². The second-order valence-electron chi connectivity index (χ2n) is 4.66. The van der Waals surface area contributed by atoms with Gasteiger partial charge in [0.05, 0.1) is 12.7 Å². The van der Waals surface area contributed by atoms with Crippen LogP contribution in [0.3, 0.4) is 0 Å². The number of aryl methyl sites for hydroxylation is 2. The van der Waals surface area contributed by atoms with Crippen LogP contribution in [0.25, 0.3) is 0 Å². The van der Waals surface area contributed by atoms with Crippen molar-refractivity contribution in [1.29, 1.82) is 0 Å². The zero-order chi connectivity index (χ0) is 14.9. The highest BCUT2D eigenvalue weighted by molar-refractivity contribution is 9.10. The maximum absolute atomic E-state index is 12.7. The molecular formula is C16H17BrO3. The second kappa shape index (κ2) is 5.83. The van der Waals surface area contributed by atoms with E-state index < -0.39 is 0 Å². The first-order chi connectivity index (χ1) is 9.49. The summed E-state index contributed by atoms with van der Waals surface area (Å²) in [6, 6.07) is 5.50. The third-order valence-corrected chi connectivity index (χ3v) is 4.15. The number of benzene rings is 1. The Morgan fingerprint density at radius 1 is 1.35 bits per heavy atom. The predicted octanol–water partition coefficient (Wildman–Crippen LogP) is 4.46. The van der Waals surface area contributed by atoms with E-state index in [1.807, 2.05) is 32.9 Å². The molecule has 0 atom stereocenters. The maximum atomic E-state index is 12.7. The number of furan rings is 1. The fourth-order valence-electron chi connectivity index (χ4n) is 2.20. The first-order valence-electron chi connectivity index (χ1n) is 6.46. The number of rotatable bonds is 4. The van der Waals surface area contributed by atoms with E-state index in [-0.39, 0.29) is 5.78 Å². The van der Waals surface area contributed by atoms with E-state index in [0.29, 0.717) is 17.1 Å². The summed E-state index contributed by atoms with van der Waals surface area (Å²) in [6.45, 7) is 5.80. The molecule has 1 aromatic carbocycles. The third-order valence-electron chi connectivity index (χ3n) is 3.33. The topological polar surface area (TPSA) is 39.4 Å². The van der Waals surface area contributed by atoms with Gasteiger partial charge in [0.25, 0.3) is 0 Å². The molecule has 3 nitrogen and oxygen atoms in total. The minimum absolute atomic E-state index is 0.150. The Labute approximate surface area is 127 Å². The maximum Gasteiger partial charge on any atom is 0.232 e. The summed E-state index contributed by atoms with van der Waals surface area (Å²) in [5.74, 6) is 1.60. The van der Waals surface area contributed by atoms with Crippen LogP contribution in [0.15, 0.2) is 27.1 Å². The standard InChI is InChI=1S/C16H17BrO3/c1-5-11-6-7-13(20-11)15(18)14-10(3)12(17)8-9(2)16(14)19-4/h6-8H,5H2,1-4H3. The van der Waals surface area contributed by atoms with Crippen molar-refractivity contribution in [2.45, 2.75) is 27.2 Å². The number of ketones is 1. The number of carbonyl (C=O) groups excluding carboxylic acids is 1. The van der Waals surface area contributed by atoms with Gasteiger partial charge in [-0.3, -0.25) is 4.79 Å². The number of ether oxygens (including phenoxy) is 1. The fourth-order valence-corrected chi connectivity index (χ4v) is 2.74. The molecule has 2 aromatic rings. The van der Waals surface area contributed by atoms with Crippen molar-refractivity contribution in [3.63, 3.8) is 0 Å². The number of hydrogen-bond acceptors (Lipinski definition) is 3. The van der Waals surface area contributed by atoms with Gasteiger partial charge in [-0.05, 0) is 43.2 Å². The molecule has 0 saturated carbocycles. The second-order valence-corrected chi connectivity index (χ2v) is 5.51. The van der Waals surface area contributed by atoms with E-state index >= 15 is 0 Å². The molecule has 0 N–H and O–H groups in total. The van der Waals surface area contributed by atoms with Crippen LogP contribution >= 0.6 is 15.9 Å². The molecule has 0 fully saturated rings. The quantitative estimate of drug-likeness (QED) is 0.773. The lowest BCUT2D eigenvalue weighted by Crippen LogP contribution is -2.07. The molecule has 0 radical (unpaired) electrons. The van der Waals surface area contributed by atoms with Crippen LogP contribution in [-0.4, -0.2) is 12.9 Å². The highest BCUT2D eigenvalue weighted by Gasteiger charge is 2.23. The third kappa shape index (κ3) is 2.52. The summed E-state index contributed by atoms with van der Waals surface area (Å²) in [7, 11) is 1.58. The van der Waals surface area contributed by atoms with Gasteiger partial charge in [-0.2, -0.15) is 0 Å². The normalized spacial score (nSPS) is 10.7. The van der Waals surface area contributed by atoms with Crippen LogP contribution in [-0.2, 0) is 6.42 Å². The van der Waals surface area contributed by atoms with Crippen LogP contribution < -0.4 is 4.74 Å². The molecule has 106 valence electrons. The summed E-state index contributed by atoms with van der Waals surface area (Å²) < 4.78 is 11.9. The van der Waals surface area contributed by atoms with Crippen LogP contribution in [0.2, 0.25) is 0 Å². The molecule has 0 spiro atoms. The lowest BCUT2D eigenvalue weighted by Gasteiger charge is -2.14.